The Morgan fingerprint density at radius 3 is 2.36 bits per heavy atom. The molecule has 0 fully saturated rings. The zero-order valence-electron chi connectivity index (χ0n) is 17.0. The highest BCUT2D eigenvalue weighted by Crippen LogP contribution is 2.19. The zero-order valence-corrected chi connectivity index (χ0v) is 17.8. The van der Waals surface area contributed by atoms with E-state index in [-0.39, 0.29) is 5.75 Å². The van der Waals surface area contributed by atoms with Gasteiger partial charge in [0, 0.05) is 24.9 Å². The second-order valence-electron chi connectivity index (χ2n) is 6.75. The van der Waals surface area contributed by atoms with Crippen LogP contribution in [0.1, 0.15) is 29.2 Å². The van der Waals surface area contributed by atoms with Crippen molar-refractivity contribution in [2.45, 2.75) is 32.7 Å². The van der Waals surface area contributed by atoms with Crippen LogP contribution in [-0.4, -0.2) is 34.3 Å². The molecule has 0 aliphatic heterocycles. The Labute approximate surface area is 168 Å². The number of aryl methyl sites for hydroxylation is 1. The largest absolute Gasteiger partial charge is 0.496 e. The van der Waals surface area contributed by atoms with E-state index in [2.05, 4.69) is 21.7 Å². The second-order valence-corrected chi connectivity index (χ2v) is 8.89. The highest BCUT2D eigenvalue weighted by molar-refractivity contribution is 7.89. The maximum Gasteiger partial charge on any atom is 0.191 e. The van der Waals surface area contributed by atoms with E-state index in [9.17, 15) is 8.42 Å². The monoisotopic (exact) mass is 403 g/mol. The average Bonchev–Trinajstić information content (AvgIpc) is 2.64. The lowest BCUT2D eigenvalue weighted by molar-refractivity contribution is 0.408. The third-order valence-corrected chi connectivity index (χ3v) is 4.96. The molecule has 2 rings (SSSR count). The second kappa shape index (κ2) is 10.1. The standard InChI is InChI=1S/C21H29N3O3S/c1-5-22-21(24-14-19-11-6-16(2)12-20(19)27-3)23-13-17-7-9-18(10-8-17)15-28(4,25)26/h6-12H,5,13-15H2,1-4H3,(H2,22,23,24). The molecule has 0 aliphatic carbocycles. The predicted molar refractivity (Wildman–Crippen MR) is 114 cm³/mol. The van der Waals surface area contributed by atoms with Crippen molar-refractivity contribution in [3.63, 3.8) is 0 Å². The Balaban J connectivity index is 2.02. The zero-order chi connectivity index (χ0) is 20.6. The number of benzene rings is 2. The van der Waals surface area contributed by atoms with Crippen LogP contribution in [0.2, 0.25) is 0 Å². The van der Waals surface area contributed by atoms with Crippen molar-refractivity contribution in [3.05, 3.63) is 64.7 Å². The number of aliphatic imine (C=N–C) groups is 1. The van der Waals surface area contributed by atoms with Gasteiger partial charge in [0.2, 0.25) is 0 Å². The molecule has 0 radical (unpaired) electrons. The molecule has 6 nitrogen and oxygen atoms in total. The first kappa shape index (κ1) is 21.8. The number of hydrogen-bond acceptors (Lipinski definition) is 4. The van der Waals surface area contributed by atoms with E-state index in [1.807, 2.05) is 50.2 Å². The van der Waals surface area contributed by atoms with Gasteiger partial charge in [0.05, 0.1) is 19.4 Å². The lowest BCUT2D eigenvalue weighted by Crippen LogP contribution is -2.36. The first-order valence-electron chi connectivity index (χ1n) is 9.22. The minimum atomic E-state index is -3.02. The summed E-state index contributed by atoms with van der Waals surface area (Å²) in [4.78, 5) is 4.61. The third-order valence-electron chi connectivity index (χ3n) is 4.10. The lowest BCUT2D eigenvalue weighted by atomic mass is 10.1. The van der Waals surface area contributed by atoms with E-state index in [0.717, 1.165) is 34.5 Å². The van der Waals surface area contributed by atoms with E-state index in [4.69, 9.17) is 4.74 Å². The molecular weight excluding hydrogens is 374 g/mol. The molecule has 2 N–H and O–H groups in total. The molecule has 0 aliphatic rings. The highest BCUT2D eigenvalue weighted by atomic mass is 32.2. The number of ether oxygens (including phenoxy) is 1. The van der Waals surface area contributed by atoms with Gasteiger partial charge in [-0.15, -0.1) is 0 Å². The summed E-state index contributed by atoms with van der Waals surface area (Å²) in [5.74, 6) is 1.62. The summed E-state index contributed by atoms with van der Waals surface area (Å²) < 4.78 is 28.2. The summed E-state index contributed by atoms with van der Waals surface area (Å²) in [6.07, 6.45) is 1.24. The van der Waals surface area contributed by atoms with Gasteiger partial charge in [-0.3, -0.25) is 0 Å². The quantitative estimate of drug-likeness (QED) is 0.523. The maximum atomic E-state index is 11.4. The number of methoxy groups -OCH3 is 1. The fraction of sp³-hybridized carbons (Fsp3) is 0.381. The van der Waals surface area contributed by atoms with Crippen LogP contribution in [0.15, 0.2) is 47.5 Å². The van der Waals surface area contributed by atoms with Crippen molar-refractivity contribution in [2.75, 3.05) is 19.9 Å². The minimum Gasteiger partial charge on any atom is -0.496 e. The van der Waals surface area contributed by atoms with Gasteiger partial charge in [-0.2, -0.15) is 0 Å². The molecule has 0 spiro atoms. The van der Waals surface area contributed by atoms with Crippen LogP contribution < -0.4 is 15.4 Å². The van der Waals surface area contributed by atoms with E-state index in [1.165, 1.54) is 6.26 Å². The normalized spacial score (nSPS) is 11.9. The molecule has 0 aromatic heterocycles. The number of nitrogens with one attached hydrogen (secondary N) is 2. The molecule has 0 bridgehead atoms. The van der Waals surface area contributed by atoms with E-state index in [1.54, 1.807) is 7.11 Å². The van der Waals surface area contributed by atoms with Crippen molar-refractivity contribution >= 4 is 15.8 Å². The van der Waals surface area contributed by atoms with Crippen LogP contribution in [0, 0.1) is 6.92 Å². The third kappa shape index (κ3) is 7.23. The van der Waals surface area contributed by atoms with Crippen LogP contribution in [0.3, 0.4) is 0 Å². The summed E-state index contributed by atoms with van der Waals surface area (Å²) in [5, 5.41) is 6.56. The van der Waals surface area contributed by atoms with Gasteiger partial charge in [-0.1, -0.05) is 36.4 Å². The predicted octanol–water partition coefficient (Wildman–Crippen LogP) is 2.80. The molecule has 152 valence electrons. The summed E-state index contributed by atoms with van der Waals surface area (Å²) in [7, 11) is -1.35. The Morgan fingerprint density at radius 1 is 1.07 bits per heavy atom. The lowest BCUT2D eigenvalue weighted by Gasteiger charge is -2.14. The fourth-order valence-electron chi connectivity index (χ4n) is 2.73. The van der Waals surface area contributed by atoms with Crippen LogP contribution >= 0.6 is 0 Å². The van der Waals surface area contributed by atoms with Crippen molar-refractivity contribution in [1.82, 2.24) is 10.6 Å². The number of guanidine groups is 1. The van der Waals surface area contributed by atoms with Gasteiger partial charge in [-0.05, 0) is 36.6 Å². The van der Waals surface area contributed by atoms with Gasteiger partial charge >= 0.3 is 0 Å². The minimum absolute atomic E-state index is 0.0547. The number of hydrogen-bond donors (Lipinski definition) is 2. The van der Waals surface area contributed by atoms with Crippen LogP contribution in [-0.2, 0) is 28.7 Å². The molecule has 7 heteroatoms. The molecule has 0 heterocycles. The van der Waals surface area contributed by atoms with E-state index >= 15 is 0 Å². The van der Waals surface area contributed by atoms with Gasteiger partial charge in [0.15, 0.2) is 15.8 Å². The van der Waals surface area contributed by atoms with Gasteiger partial charge < -0.3 is 15.4 Å². The van der Waals surface area contributed by atoms with E-state index in [0.29, 0.717) is 19.0 Å². The SMILES string of the molecule is CCNC(=NCc1ccc(CS(C)(=O)=O)cc1)NCc1ccc(C)cc1OC. The van der Waals surface area contributed by atoms with Crippen molar-refractivity contribution in [2.24, 2.45) is 4.99 Å². The first-order valence-corrected chi connectivity index (χ1v) is 11.3. The van der Waals surface area contributed by atoms with E-state index < -0.39 is 9.84 Å². The van der Waals surface area contributed by atoms with Crippen LogP contribution in [0.25, 0.3) is 0 Å². The molecule has 0 atom stereocenters. The molecular formula is C21H29N3O3S. The van der Waals surface area contributed by atoms with Crippen LogP contribution in [0.5, 0.6) is 5.75 Å². The van der Waals surface area contributed by atoms with Crippen LogP contribution in [0.4, 0.5) is 0 Å². The average molecular weight is 404 g/mol. The molecule has 0 amide bonds. The molecule has 2 aromatic carbocycles. The maximum absolute atomic E-state index is 11.4. The molecule has 0 saturated carbocycles. The summed E-state index contributed by atoms with van der Waals surface area (Å²) in [5.41, 5.74) is 4.01. The first-order chi connectivity index (χ1) is 13.3. The van der Waals surface area contributed by atoms with Crippen molar-refractivity contribution in [3.8, 4) is 5.75 Å². The smallest absolute Gasteiger partial charge is 0.191 e. The molecule has 2 aromatic rings. The summed E-state index contributed by atoms with van der Waals surface area (Å²) in [6, 6.07) is 13.6. The topological polar surface area (TPSA) is 79.8 Å². The Morgan fingerprint density at radius 2 is 1.75 bits per heavy atom. The van der Waals surface area contributed by atoms with Gasteiger partial charge in [0.25, 0.3) is 0 Å². The number of rotatable bonds is 8. The molecule has 0 saturated heterocycles. The summed E-state index contributed by atoms with van der Waals surface area (Å²) in [6.45, 7) is 5.91. The Hall–Kier alpha value is -2.54. The number of sulfone groups is 1. The van der Waals surface area contributed by atoms with Crippen molar-refractivity contribution in [1.29, 1.82) is 0 Å². The fourth-order valence-corrected chi connectivity index (χ4v) is 3.53. The Bertz CT molecular complexity index is 907. The number of nitrogens with zero attached hydrogens (tertiary/aromatic N) is 1. The highest BCUT2D eigenvalue weighted by Gasteiger charge is 2.06. The van der Waals surface area contributed by atoms with Crippen molar-refractivity contribution < 1.29 is 13.2 Å². The molecule has 0 unspecified atom stereocenters. The Kier molecular flexibility index (Phi) is 7.87. The van der Waals surface area contributed by atoms with Gasteiger partial charge in [0.1, 0.15) is 5.75 Å². The summed E-state index contributed by atoms with van der Waals surface area (Å²) >= 11 is 0. The molecule has 28 heavy (non-hydrogen) atoms. The van der Waals surface area contributed by atoms with Gasteiger partial charge in [-0.25, -0.2) is 13.4 Å².